The van der Waals surface area contributed by atoms with Crippen LogP contribution in [0.4, 0.5) is 0 Å². The highest BCUT2D eigenvalue weighted by Crippen LogP contribution is 2.36. The zero-order valence-corrected chi connectivity index (χ0v) is 11.0. The molecule has 18 heavy (non-hydrogen) atoms. The maximum absolute atomic E-state index is 6.31. The summed E-state index contributed by atoms with van der Waals surface area (Å²) in [5.41, 5.74) is 7.60. The lowest BCUT2D eigenvalue weighted by Gasteiger charge is -2.18. The maximum Gasteiger partial charge on any atom is 0.122 e. The minimum atomic E-state index is 0.220. The van der Waals surface area contributed by atoms with E-state index in [-0.39, 0.29) is 6.04 Å². The number of rotatable bonds is 7. The Morgan fingerprint density at radius 3 is 3.00 bits per heavy atom. The third-order valence-corrected chi connectivity index (χ3v) is 3.70. The van der Waals surface area contributed by atoms with E-state index in [1.165, 1.54) is 24.8 Å². The quantitative estimate of drug-likeness (QED) is 0.588. The molecule has 2 N–H and O–H groups in total. The van der Waals surface area contributed by atoms with E-state index in [0.29, 0.717) is 5.92 Å². The molecule has 1 aromatic carbocycles. The molecule has 0 radical (unpaired) electrons. The molecule has 1 aliphatic heterocycles. The zero-order valence-electron chi connectivity index (χ0n) is 11.0. The monoisotopic (exact) mass is 245 g/mol. The van der Waals surface area contributed by atoms with Crippen LogP contribution in [-0.2, 0) is 0 Å². The van der Waals surface area contributed by atoms with Crippen LogP contribution in [0.1, 0.15) is 43.6 Å². The molecule has 98 valence electrons. The highest BCUT2D eigenvalue weighted by Gasteiger charge is 2.28. The predicted molar refractivity (Wildman–Crippen MR) is 75.9 cm³/mol. The third-order valence-electron chi connectivity index (χ3n) is 3.70. The zero-order chi connectivity index (χ0) is 12.8. The standard InChI is InChI=1S/C16H23NO/c1-2-3-4-5-6-10-15(17)14-12-18-16-11-8-7-9-13(14)16/h2,7-9,11,14-15H,1,3-6,10,12,17H2. The van der Waals surface area contributed by atoms with Crippen LogP contribution in [-0.4, -0.2) is 12.6 Å². The van der Waals surface area contributed by atoms with Gasteiger partial charge in [0.2, 0.25) is 0 Å². The van der Waals surface area contributed by atoms with Gasteiger partial charge in [0.15, 0.2) is 0 Å². The van der Waals surface area contributed by atoms with Gasteiger partial charge in [-0.3, -0.25) is 0 Å². The Labute approximate surface area is 110 Å². The Morgan fingerprint density at radius 2 is 2.17 bits per heavy atom. The van der Waals surface area contributed by atoms with Crippen molar-refractivity contribution in [3.63, 3.8) is 0 Å². The molecule has 2 unspecified atom stereocenters. The number of unbranched alkanes of at least 4 members (excludes halogenated alkanes) is 3. The van der Waals surface area contributed by atoms with Crippen molar-refractivity contribution in [2.45, 2.75) is 44.1 Å². The number of allylic oxidation sites excluding steroid dienone is 1. The van der Waals surface area contributed by atoms with Crippen molar-refractivity contribution >= 4 is 0 Å². The van der Waals surface area contributed by atoms with Gasteiger partial charge in [-0.25, -0.2) is 0 Å². The molecule has 1 heterocycles. The van der Waals surface area contributed by atoms with Crippen LogP contribution in [0, 0.1) is 0 Å². The SMILES string of the molecule is C=CCCCCCC(N)C1COc2ccccc21. The molecule has 0 aliphatic carbocycles. The summed E-state index contributed by atoms with van der Waals surface area (Å²) < 4.78 is 5.68. The average molecular weight is 245 g/mol. The first-order valence-corrected chi connectivity index (χ1v) is 6.91. The van der Waals surface area contributed by atoms with Crippen LogP contribution in [0.15, 0.2) is 36.9 Å². The first-order valence-electron chi connectivity index (χ1n) is 6.91. The van der Waals surface area contributed by atoms with Crippen molar-refractivity contribution < 1.29 is 4.74 Å². The molecule has 0 bridgehead atoms. The van der Waals surface area contributed by atoms with Crippen LogP contribution in [0.2, 0.25) is 0 Å². The van der Waals surface area contributed by atoms with Gasteiger partial charge in [-0.05, 0) is 25.3 Å². The molecule has 0 fully saturated rings. The van der Waals surface area contributed by atoms with Gasteiger partial charge in [-0.15, -0.1) is 6.58 Å². The molecule has 0 saturated carbocycles. The van der Waals surface area contributed by atoms with E-state index >= 15 is 0 Å². The Balaban J connectivity index is 1.80. The van der Waals surface area contributed by atoms with Crippen molar-refractivity contribution in [1.82, 2.24) is 0 Å². The van der Waals surface area contributed by atoms with Crippen LogP contribution in [0.5, 0.6) is 5.75 Å². The van der Waals surface area contributed by atoms with Crippen molar-refractivity contribution in [3.05, 3.63) is 42.5 Å². The Hall–Kier alpha value is -1.28. The summed E-state index contributed by atoms with van der Waals surface area (Å²) in [4.78, 5) is 0. The number of nitrogens with two attached hydrogens (primary N) is 1. The average Bonchev–Trinajstić information content (AvgIpc) is 2.82. The second-order valence-corrected chi connectivity index (χ2v) is 5.05. The second kappa shape index (κ2) is 6.60. The topological polar surface area (TPSA) is 35.2 Å². The third kappa shape index (κ3) is 3.14. The molecule has 2 heteroatoms. The highest BCUT2D eigenvalue weighted by molar-refractivity contribution is 5.40. The van der Waals surface area contributed by atoms with Crippen LogP contribution >= 0.6 is 0 Å². The van der Waals surface area contributed by atoms with Crippen LogP contribution < -0.4 is 10.5 Å². The summed E-state index contributed by atoms with van der Waals surface area (Å²) in [6.07, 6.45) is 7.86. The fraction of sp³-hybridized carbons (Fsp3) is 0.500. The van der Waals surface area contributed by atoms with Crippen molar-refractivity contribution in [1.29, 1.82) is 0 Å². The first-order chi connectivity index (χ1) is 8.83. The lowest BCUT2D eigenvalue weighted by atomic mass is 9.90. The van der Waals surface area contributed by atoms with Gasteiger partial charge in [-0.1, -0.05) is 37.1 Å². The van der Waals surface area contributed by atoms with Gasteiger partial charge in [0.25, 0.3) is 0 Å². The molecule has 2 rings (SSSR count). The van der Waals surface area contributed by atoms with E-state index in [1.54, 1.807) is 0 Å². The lowest BCUT2D eigenvalue weighted by molar-refractivity contribution is 0.308. The normalized spacial score (nSPS) is 19.1. The first kappa shape index (κ1) is 13.2. The van der Waals surface area contributed by atoms with E-state index < -0.39 is 0 Å². The van der Waals surface area contributed by atoms with E-state index in [2.05, 4.69) is 18.7 Å². The molecule has 0 aromatic heterocycles. The summed E-state index contributed by atoms with van der Waals surface area (Å²) in [6.45, 7) is 4.48. The van der Waals surface area contributed by atoms with Crippen molar-refractivity contribution in [2.75, 3.05) is 6.61 Å². The lowest BCUT2D eigenvalue weighted by Crippen LogP contribution is -2.29. The summed E-state index contributed by atoms with van der Waals surface area (Å²) in [7, 11) is 0. The van der Waals surface area contributed by atoms with Crippen LogP contribution in [0.3, 0.4) is 0 Å². The number of hydrogen-bond acceptors (Lipinski definition) is 2. The predicted octanol–water partition coefficient (Wildman–Crippen LogP) is 3.63. The number of fused-ring (bicyclic) bond motifs is 1. The summed E-state index contributed by atoms with van der Waals surface area (Å²) in [6, 6.07) is 8.48. The van der Waals surface area contributed by atoms with Crippen molar-refractivity contribution in [2.24, 2.45) is 5.73 Å². The summed E-state index contributed by atoms with van der Waals surface area (Å²) in [5.74, 6) is 1.39. The minimum Gasteiger partial charge on any atom is -0.493 e. The number of hydrogen-bond donors (Lipinski definition) is 1. The molecular weight excluding hydrogens is 222 g/mol. The van der Waals surface area contributed by atoms with E-state index in [4.69, 9.17) is 10.5 Å². The summed E-state index contributed by atoms with van der Waals surface area (Å²) in [5, 5.41) is 0. The summed E-state index contributed by atoms with van der Waals surface area (Å²) >= 11 is 0. The Bertz CT molecular complexity index is 388. The van der Waals surface area contributed by atoms with E-state index in [1.807, 2.05) is 18.2 Å². The van der Waals surface area contributed by atoms with Gasteiger partial charge in [0, 0.05) is 17.5 Å². The molecule has 1 aromatic rings. The second-order valence-electron chi connectivity index (χ2n) is 5.05. The smallest absolute Gasteiger partial charge is 0.122 e. The molecule has 2 nitrogen and oxygen atoms in total. The van der Waals surface area contributed by atoms with Gasteiger partial charge >= 0.3 is 0 Å². The van der Waals surface area contributed by atoms with Gasteiger partial charge in [0.1, 0.15) is 5.75 Å². The molecule has 1 aliphatic rings. The van der Waals surface area contributed by atoms with Gasteiger partial charge in [0.05, 0.1) is 6.61 Å². The molecule has 0 saturated heterocycles. The minimum absolute atomic E-state index is 0.220. The molecule has 2 atom stereocenters. The number of benzene rings is 1. The molecule has 0 amide bonds. The Kier molecular flexibility index (Phi) is 4.82. The van der Waals surface area contributed by atoms with E-state index in [0.717, 1.165) is 25.2 Å². The molecule has 0 spiro atoms. The molecular formula is C16H23NO. The van der Waals surface area contributed by atoms with E-state index in [9.17, 15) is 0 Å². The number of ether oxygens (including phenoxy) is 1. The largest absolute Gasteiger partial charge is 0.493 e. The van der Waals surface area contributed by atoms with Gasteiger partial charge < -0.3 is 10.5 Å². The Morgan fingerprint density at radius 1 is 1.33 bits per heavy atom. The van der Waals surface area contributed by atoms with Gasteiger partial charge in [-0.2, -0.15) is 0 Å². The number of para-hydroxylation sites is 1. The fourth-order valence-electron chi connectivity index (χ4n) is 2.59. The fourth-order valence-corrected chi connectivity index (χ4v) is 2.59. The maximum atomic E-state index is 6.31. The highest BCUT2D eigenvalue weighted by atomic mass is 16.5. The van der Waals surface area contributed by atoms with Crippen LogP contribution in [0.25, 0.3) is 0 Å². The van der Waals surface area contributed by atoms with Crippen molar-refractivity contribution in [3.8, 4) is 5.75 Å².